The lowest BCUT2D eigenvalue weighted by molar-refractivity contribution is -0.139. The Hall–Kier alpha value is -3.22. The van der Waals surface area contributed by atoms with Crippen molar-refractivity contribution in [2.24, 2.45) is 0 Å². The summed E-state index contributed by atoms with van der Waals surface area (Å²) >= 11 is 0. The summed E-state index contributed by atoms with van der Waals surface area (Å²) in [6.45, 7) is 1.22. The van der Waals surface area contributed by atoms with E-state index in [1.165, 1.54) is 6.92 Å². The molecule has 0 bridgehead atoms. The Morgan fingerprint density at radius 1 is 1.04 bits per heavy atom. The minimum atomic E-state index is -1.14. The van der Waals surface area contributed by atoms with E-state index in [-0.39, 0.29) is 17.8 Å². The smallest absolute Gasteiger partial charge is 0.326 e. The van der Waals surface area contributed by atoms with Crippen molar-refractivity contribution < 1.29 is 24.3 Å². The largest absolute Gasteiger partial charge is 0.480 e. The molecule has 3 N–H and O–H groups in total. The lowest BCUT2D eigenvalue weighted by Crippen LogP contribution is -2.41. The minimum absolute atomic E-state index is 0.113. The SMILES string of the molecule is CC(=O)NC1=CC(=O)C(N[C@@H](Cc2ccccc2)C(=O)O)=CC1=O. The normalized spacial score (nSPS) is 15.2. The summed E-state index contributed by atoms with van der Waals surface area (Å²) in [7, 11) is 0. The lowest BCUT2D eigenvalue weighted by atomic mass is 10.0. The van der Waals surface area contributed by atoms with Crippen LogP contribution in [0.5, 0.6) is 0 Å². The Balaban J connectivity index is 2.13. The summed E-state index contributed by atoms with van der Waals surface area (Å²) in [4.78, 5) is 46.3. The van der Waals surface area contributed by atoms with Crippen molar-refractivity contribution in [2.75, 3.05) is 0 Å². The van der Waals surface area contributed by atoms with Crippen LogP contribution < -0.4 is 10.6 Å². The van der Waals surface area contributed by atoms with Crippen LogP contribution >= 0.6 is 0 Å². The van der Waals surface area contributed by atoms with Crippen molar-refractivity contribution in [3.8, 4) is 0 Å². The second kappa shape index (κ2) is 7.36. The highest BCUT2D eigenvalue weighted by molar-refractivity contribution is 6.20. The Labute approximate surface area is 138 Å². The molecular weight excluding hydrogens is 312 g/mol. The van der Waals surface area contributed by atoms with Crippen molar-refractivity contribution in [1.29, 1.82) is 0 Å². The summed E-state index contributed by atoms with van der Waals surface area (Å²) in [5.41, 5.74) is 0.535. The number of carboxylic acids is 1. The molecule has 0 fully saturated rings. The van der Waals surface area contributed by atoms with E-state index in [1.807, 2.05) is 6.07 Å². The van der Waals surface area contributed by atoms with Gasteiger partial charge in [-0.2, -0.15) is 0 Å². The average Bonchev–Trinajstić information content (AvgIpc) is 2.51. The minimum Gasteiger partial charge on any atom is -0.480 e. The number of nitrogens with one attached hydrogen (secondary N) is 2. The van der Waals surface area contributed by atoms with Crippen LogP contribution in [0.25, 0.3) is 0 Å². The molecule has 0 radical (unpaired) electrons. The first-order valence-corrected chi connectivity index (χ1v) is 7.19. The molecule has 124 valence electrons. The van der Waals surface area contributed by atoms with Crippen LogP contribution in [0.2, 0.25) is 0 Å². The quantitative estimate of drug-likeness (QED) is 0.649. The van der Waals surface area contributed by atoms with E-state index < -0.39 is 29.5 Å². The highest BCUT2D eigenvalue weighted by Gasteiger charge is 2.25. The highest BCUT2D eigenvalue weighted by atomic mass is 16.4. The molecule has 7 heteroatoms. The summed E-state index contributed by atoms with van der Waals surface area (Å²) in [6.07, 6.45) is 2.12. The standard InChI is InChI=1S/C17H16N2O5/c1-10(20)18-12-8-16(22)13(9-15(12)21)19-14(17(23)24)7-11-5-3-2-4-6-11/h2-6,8-9,14,19H,7H2,1H3,(H,18,20)(H,23,24)/t14-/m0/s1. The van der Waals surface area contributed by atoms with Crippen LogP contribution in [0.4, 0.5) is 0 Å². The molecule has 0 saturated carbocycles. The van der Waals surface area contributed by atoms with E-state index in [0.29, 0.717) is 0 Å². The molecule has 0 spiro atoms. The molecule has 0 aliphatic heterocycles. The molecule has 7 nitrogen and oxygen atoms in total. The fourth-order valence-electron chi connectivity index (χ4n) is 2.20. The summed E-state index contributed by atoms with van der Waals surface area (Å²) in [5.74, 6) is -2.76. The number of amides is 1. The number of carbonyl (C=O) groups excluding carboxylic acids is 3. The van der Waals surface area contributed by atoms with E-state index in [2.05, 4.69) is 10.6 Å². The molecule has 1 aliphatic rings. The maximum Gasteiger partial charge on any atom is 0.326 e. The lowest BCUT2D eigenvalue weighted by Gasteiger charge is -2.19. The van der Waals surface area contributed by atoms with Gasteiger partial charge in [0.05, 0.1) is 11.4 Å². The van der Waals surface area contributed by atoms with Crippen LogP contribution in [-0.4, -0.2) is 34.6 Å². The molecule has 0 saturated heterocycles. The molecule has 1 aliphatic carbocycles. The summed E-state index contributed by atoms with van der Waals surface area (Å²) < 4.78 is 0. The number of aliphatic carboxylic acids is 1. The summed E-state index contributed by atoms with van der Waals surface area (Å²) in [5, 5.41) is 14.2. The molecular formula is C17H16N2O5. The first kappa shape index (κ1) is 17.1. The predicted octanol–water partition coefficient (Wildman–Crippen LogP) is 0.328. The van der Waals surface area contributed by atoms with Gasteiger partial charge in [0.2, 0.25) is 17.5 Å². The topological polar surface area (TPSA) is 113 Å². The van der Waals surface area contributed by atoms with Crippen LogP contribution in [0, 0.1) is 0 Å². The Bertz CT molecular complexity index is 750. The van der Waals surface area contributed by atoms with E-state index in [0.717, 1.165) is 17.7 Å². The van der Waals surface area contributed by atoms with Crippen molar-refractivity contribution in [3.63, 3.8) is 0 Å². The first-order chi connectivity index (χ1) is 11.4. The van der Waals surface area contributed by atoms with Gasteiger partial charge in [0.25, 0.3) is 0 Å². The van der Waals surface area contributed by atoms with Crippen LogP contribution in [0.1, 0.15) is 12.5 Å². The number of carboxylic acid groups (broad SMARTS) is 1. The maximum atomic E-state index is 12.0. The van der Waals surface area contributed by atoms with Crippen molar-refractivity contribution in [1.82, 2.24) is 10.6 Å². The number of ketones is 2. The van der Waals surface area contributed by atoms with Gasteiger partial charge < -0.3 is 15.7 Å². The number of hydrogen-bond acceptors (Lipinski definition) is 5. The highest BCUT2D eigenvalue weighted by Crippen LogP contribution is 2.11. The van der Waals surface area contributed by atoms with Crippen LogP contribution in [-0.2, 0) is 25.6 Å². The van der Waals surface area contributed by atoms with E-state index in [1.54, 1.807) is 24.3 Å². The predicted molar refractivity (Wildman–Crippen MR) is 84.7 cm³/mol. The number of hydrogen-bond donors (Lipinski definition) is 3. The molecule has 1 atom stereocenters. The molecule has 0 unspecified atom stereocenters. The Morgan fingerprint density at radius 2 is 1.62 bits per heavy atom. The third-order valence-corrected chi connectivity index (χ3v) is 3.30. The van der Waals surface area contributed by atoms with Gasteiger partial charge in [0.15, 0.2) is 0 Å². The number of rotatable bonds is 6. The van der Waals surface area contributed by atoms with Gasteiger partial charge in [0.1, 0.15) is 6.04 Å². The van der Waals surface area contributed by atoms with Gasteiger partial charge in [-0.05, 0) is 5.56 Å². The van der Waals surface area contributed by atoms with Gasteiger partial charge in [0, 0.05) is 25.5 Å². The Morgan fingerprint density at radius 3 is 2.21 bits per heavy atom. The van der Waals surface area contributed by atoms with E-state index in [9.17, 15) is 24.3 Å². The second-order valence-corrected chi connectivity index (χ2v) is 5.25. The van der Waals surface area contributed by atoms with Gasteiger partial charge in [-0.3, -0.25) is 14.4 Å². The molecule has 1 amide bonds. The number of allylic oxidation sites excluding steroid dienone is 2. The fraction of sp³-hybridized carbons (Fsp3) is 0.176. The first-order valence-electron chi connectivity index (χ1n) is 7.19. The monoisotopic (exact) mass is 328 g/mol. The van der Waals surface area contributed by atoms with Crippen molar-refractivity contribution in [2.45, 2.75) is 19.4 Å². The van der Waals surface area contributed by atoms with Crippen LogP contribution in [0.15, 0.2) is 53.9 Å². The maximum absolute atomic E-state index is 12.0. The molecule has 1 aromatic carbocycles. The van der Waals surface area contributed by atoms with E-state index in [4.69, 9.17) is 0 Å². The van der Waals surface area contributed by atoms with Crippen molar-refractivity contribution in [3.05, 3.63) is 59.4 Å². The van der Waals surface area contributed by atoms with E-state index >= 15 is 0 Å². The number of benzene rings is 1. The molecule has 24 heavy (non-hydrogen) atoms. The van der Waals surface area contributed by atoms with Gasteiger partial charge in [-0.1, -0.05) is 30.3 Å². The fourth-order valence-corrected chi connectivity index (χ4v) is 2.20. The third-order valence-electron chi connectivity index (χ3n) is 3.30. The molecule has 2 rings (SSSR count). The van der Waals surface area contributed by atoms with Gasteiger partial charge in [-0.25, -0.2) is 4.79 Å². The molecule has 0 aromatic heterocycles. The Kier molecular flexibility index (Phi) is 5.26. The molecule has 1 aromatic rings. The van der Waals surface area contributed by atoms with Crippen LogP contribution in [0.3, 0.4) is 0 Å². The van der Waals surface area contributed by atoms with Gasteiger partial charge in [-0.15, -0.1) is 0 Å². The number of carbonyl (C=O) groups is 4. The van der Waals surface area contributed by atoms with Crippen molar-refractivity contribution >= 4 is 23.4 Å². The summed E-state index contributed by atoms with van der Waals surface area (Å²) in [6, 6.07) is 7.86. The van der Waals surface area contributed by atoms with Gasteiger partial charge >= 0.3 is 5.97 Å². The second-order valence-electron chi connectivity index (χ2n) is 5.25. The average molecular weight is 328 g/mol. The molecule has 0 heterocycles. The zero-order chi connectivity index (χ0) is 17.7. The zero-order valence-electron chi connectivity index (χ0n) is 12.9. The zero-order valence-corrected chi connectivity index (χ0v) is 12.9. The third kappa shape index (κ3) is 4.39.